The summed E-state index contributed by atoms with van der Waals surface area (Å²) in [4.78, 5) is 30.1. The predicted octanol–water partition coefficient (Wildman–Crippen LogP) is 3.38. The van der Waals surface area contributed by atoms with Gasteiger partial charge in [-0.3, -0.25) is 14.0 Å². The number of aryl methyl sites for hydroxylation is 1. The molecule has 8 nitrogen and oxygen atoms in total. The number of nitriles is 1. The van der Waals surface area contributed by atoms with Crippen LogP contribution in [0.3, 0.4) is 0 Å². The van der Waals surface area contributed by atoms with E-state index < -0.39 is 17.3 Å². The highest BCUT2D eigenvalue weighted by molar-refractivity contribution is 6.01. The normalized spacial score (nSPS) is 11.3. The summed E-state index contributed by atoms with van der Waals surface area (Å²) in [6, 6.07) is 10.9. The van der Waals surface area contributed by atoms with Crippen molar-refractivity contribution in [1.82, 2.24) is 14.7 Å². The monoisotopic (exact) mass is 450 g/mol. The molecule has 0 aliphatic carbocycles. The first-order valence-electron chi connectivity index (χ1n) is 10.4. The van der Waals surface area contributed by atoms with Crippen LogP contribution in [-0.4, -0.2) is 35.1 Å². The highest BCUT2D eigenvalue weighted by atomic mass is 19.1. The van der Waals surface area contributed by atoms with E-state index in [0.29, 0.717) is 37.4 Å². The zero-order valence-electron chi connectivity index (χ0n) is 18.3. The van der Waals surface area contributed by atoms with Gasteiger partial charge in [0.2, 0.25) is 5.88 Å². The minimum absolute atomic E-state index is 0.143. The summed E-state index contributed by atoms with van der Waals surface area (Å²) in [6.07, 6.45) is 3.19. The van der Waals surface area contributed by atoms with Gasteiger partial charge in [0.25, 0.3) is 11.5 Å². The summed E-state index contributed by atoms with van der Waals surface area (Å²) < 4.78 is 26.3. The zero-order chi connectivity index (χ0) is 23.8. The smallest absolute Gasteiger partial charge is 0.269 e. The molecule has 0 fully saturated rings. The minimum atomic E-state index is -0.653. The number of carbonyl (C=O) groups is 1. The molecule has 0 saturated heterocycles. The number of hydrogen-bond donors (Lipinski definition) is 1. The van der Waals surface area contributed by atoms with Crippen LogP contribution in [-0.2, 0) is 9.53 Å². The molecule has 0 bridgehead atoms. The molecule has 170 valence electrons. The van der Waals surface area contributed by atoms with Crippen LogP contribution >= 0.6 is 0 Å². The lowest BCUT2D eigenvalue weighted by Crippen LogP contribution is -2.27. The van der Waals surface area contributed by atoms with Gasteiger partial charge in [0.05, 0.1) is 0 Å². The van der Waals surface area contributed by atoms with Crippen molar-refractivity contribution in [3.63, 3.8) is 0 Å². The van der Waals surface area contributed by atoms with Crippen LogP contribution in [0.4, 0.5) is 4.39 Å². The fourth-order valence-electron chi connectivity index (χ4n) is 3.03. The number of pyridine rings is 1. The third-order valence-electron chi connectivity index (χ3n) is 4.70. The largest absolute Gasteiger partial charge is 0.435 e. The van der Waals surface area contributed by atoms with Gasteiger partial charge in [-0.25, -0.2) is 4.39 Å². The average molecular weight is 450 g/mol. The Morgan fingerprint density at radius 2 is 2.09 bits per heavy atom. The zero-order valence-corrected chi connectivity index (χ0v) is 18.3. The number of aromatic nitrogens is 2. The molecule has 0 aliphatic rings. The first-order valence-corrected chi connectivity index (χ1v) is 10.4. The SMILES string of the molecule is CCOCCCNC(=O)/C(C#N)=C/c1c(Oc2ccccc2F)nc2c(C)cccn2c1=O. The third-order valence-corrected chi connectivity index (χ3v) is 4.70. The van der Waals surface area contributed by atoms with Crippen molar-refractivity contribution in [3.05, 3.63) is 75.5 Å². The summed E-state index contributed by atoms with van der Waals surface area (Å²) in [5.74, 6) is -1.65. The average Bonchev–Trinajstić information content (AvgIpc) is 2.81. The second-order valence-electron chi connectivity index (χ2n) is 7.03. The summed E-state index contributed by atoms with van der Waals surface area (Å²) in [5, 5.41) is 12.2. The number of para-hydroxylation sites is 1. The van der Waals surface area contributed by atoms with E-state index in [1.54, 1.807) is 31.2 Å². The summed E-state index contributed by atoms with van der Waals surface area (Å²) in [7, 11) is 0. The van der Waals surface area contributed by atoms with Gasteiger partial charge in [0.1, 0.15) is 22.9 Å². The van der Waals surface area contributed by atoms with Gasteiger partial charge in [0.15, 0.2) is 11.6 Å². The standard InChI is InChI=1S/C24H23FN4O4/c1-3-32-13-7-11-27-22(30)17(15-26)14-18-23(33-20-10-5-4-9-19(20)25)28-21-16(2)8-6-12-29(21)24(18)31/h4-6,8-10,12,14H,3,7,11,13H2,1-2H3,(H,27,30)/b17-14+. The molecule has 3 aromatic rings. The lowest BCUT2D eigenvalue weighted by Gasteiger charge is -2.12. The van der Waals surface area contributed by atoms with E-state index in [9.17, 15) is 19.2 Å². The van der Waals surface area contributed by atoms with E-state index in [2.05, 4.69) is 10.3 Å². The van der Waals surface area contributed by atoms with Crippen LogP contribution in [0, 0.1) is 24.1 Å². The summed E-state index contributed by atoms with van der Waals surface area (Å²) in [5.41, 5.74) is -0.0217. The Balaban J connectivity index is 2.05. The number of nitrogens with one attached hydrogen (secondary N) is 1. The Kier molecular flexibility index (Phi) is 7.89. The topological polar surface area (TPSA) is 106 Å². The Bertz CT molecular complexity index is 1290. The minimum Gasteiger partial charge on any atom is -0.435 e. The molecule has 9 heteroatoms. The van der Waals surface area contributed by atoms with Gasteiger partial charge in [-0.2, -0.15) is 10.2 Å². The van der Waals surface area contributed by atoms with Crippen molar-refractivity contribution in [3.8, 4) is 17.7 Å². The number of ether oxygens (including phenoxy) is 2. The predicted molar refractivity (Wildman–Crippen MR) is 120 cm³/mol. The van der Waals surface area contributed by atoms with E-state index in [0.717, 1.165) is 6.08 Å². The van der Waals surface area contributed by atoms with Gasteiger partial charge in [0, 0.05) is 26.0 Å². The number of hydrogen-bond acceptors (Lipinski definition) is 6. The molecule has 0 aliphatic heterocycles. The maximum Gasteiger partial charge on any atom is 0.269 e. The van der Waals surface area contributed by atoms with Crippen molar-refractivity contribution in [2.75, 3.05) is 19.8 Å². The van der Waals surface area contributed by atoms with E-state index in [-0.39, 0.29) is 22.8 Å². The summed E-state index contributed by atoms with van der Waals surface area (Å²) in [6.45, 7) is 4.97. The second kappa shape index (κ2) is 11.0. The van der Waals surface area contributed by atoms with Gasteiger partial charge >= 0.3 is 0 Å². The Morgan fingerprint density at radius 3 is 2.82 bits per heavy atom. The van der Waals surface area contributed by atoms with Crippen LogP contribution in [0.25, 0.3) is 11.7 Å². The maximum absolute atomic E-state index is 14.2. The number of carbonyl (C=O) groups excluding carboxylic acids is 1. The van der Waals surface area contributed by atoms with Crippen molar-refractivity contribution >= 4 is 17.6 Å². The number of rotatable bonds is 9. The third kappa shape index (κ3) is 5.61. The number of nitrogens with zero attached hydrogens (tertiary/aromatic N) is 3. The molecule has 0 radical (unpaired) electrons. The molecule has 0 saturated carbocycles. The number of halogens is 1. The molecule has 1 N–H and O–H groups in total. The second-order valence-corrected chi connectivity index (χ2v) is 7.03. The fourth-order valence-corrected chi connectivity index (χ4v) is 3.03. The molecule has 33 heavy (non-hydrogen) atoms. The number of amides is 1. The quantitative estimate of drug-likeness (QED) is 0.304. The van der Waals surface area contributed by atoms with E-state index in [4.69, 9.17) is 9.47 Å². The first-order chi connectivity index (χ1) is 16.0. The number of benzene rings is 1. The van der Waals surface area contributed by atoms with Crippen molar-refractivity contribution in [2.24, 2.45) is 0 Å². The Labute approximate surface area is 189 Å². The molecule has 2 aromatic heterocycles. The van der Waals surface area contributed by atoms with Gasteiger partial charge in [-0.05, 0) is 50.1 Å². The summed E-state index contributed by atoms with van der Waals surface area (Å²) >= 11 is 0. The molecular weight excluding hydrogens is 427 g/mol. The molecule has 3 rings (SSSR count). The number of fused-ring (bicyclic) bond motifs is 1. The van der Waals surface area contributed by atoms with Crippen LogP contribution in [0.1, 0.15) is 24.5 Å². The molecule has 2 heterocycles. The van der Waals surface area contributed by atoms with E-state index in [1.165, 1.54) is 28.8 Å². The molecule has 0 unspecified atom stereocenters. The molecule has 0 atom stereocenters. The van der Waals surface area contributed by atoms with Gasteiger partial charge in [-0.15, -0.1) is 0 Å². The van der Waals surface area contributed by atoms with Crippen LogP contribution in [0.2, 0.25) is 0 Å². The van der Waals surface area contributed by atoms with Crippen LogP contribution in [0.5, 0.6) is 11.6 Å². The molecule has 1 aromatic carbocycles. The van der Waals surface area contributed by atoms with E-state index in [1.807, 2.05) is 6.92 Å². The van der Waals surface area contributed by atoms with Crippen LogP contribution in [0.15, 0.2) is 53.0 Å². The van der Waals surface area contributed by atoms with Crippen LogP contribution < -0.4 is 15.6 Å². The van der Waals surface area contributed by atoms with Gasteiger partial charge in [-0.1, -0.05) is 18.2 Å². The Morgan fingerprint density at radius 1 is 1.30 bits per heavy atom. The first kappa shape index (κ1) is 23.6. The molecule has 1 amide bonds. The maximum atomic E-state index is 14.2. The van der Waals surface area contributed by atoms with Crippen molar-refractivity contribution in [1.29, 1.82) is 5.26 Å². The highest BCUT2D eigenvalue weighted by Crippen LogP contribution is 2.26. The Hall–Kier alpha value is -4.03. The lowest BCUT2D eigenvalue weighted by atomic mass is 10.1. The lowest BCUT2D eigenvalue weighted by molar-refractivity contribution is -0.117. The van der Waals surface area contributed by atoms with Gasteiger partial charge < -0.3 is 14.8 Å². The fraction of sp³-hybridized carbons (Fsp3) is 0.250. The molecular formula is C24H23FN4O4. The highest BCUT2D eigenvalue weighted by Gasteiger charge is 2.18. The van der Waals surface area contributed by atoms with E-state index >= 15 is 0 Å². The van der Waals surface area contributed by atoms with Crippen molar-refractivity contribution in [2.45, 2.75) is 20.3 Å². The van der Waals surface area contributed by atoms with Crippen molar-refractivity contribution < 1.29 is 18.7 Å². The molecule has 0 spiro atoms.